The molecular weight excluding hydrogens is 482 g/mol. The zero-order valence-corrected chi connectivity index (χ0v) is 16.9. The predicted molar refractivity (Wildman–Crippen MR) is 106 cm³/mol. The largest absolute Gasteiger partial charge is 0.504 e. The zero-order chi connectivity index (χ0) is 20.4. The topological polar surface area (TPSA) is 90.6 Å². The summed E-state index contributed by atoms with van der Waals surface area (Å²) in [5, 5.41) is 14.6. The summed E-state index contributed by atoms with van der Waals surface area (Å²) >= 11 is 1.73. The maximum atomic E-state index is 14.2. The molecule has 2 aromatic carbocycles. The van der Waals surface area contributed by atoms with Crippen molar-refractivity contribution in [2.45, 2.75) is 0 Å². The number of phenols is 1. The maximum absolute atomic E-state index is 14.2. The van der Waals surface area contributed by atoms with Gasteiger partial charge in [0, 0.05) is 5.56 Å². The van der Waals surface area contributed by atoms with Crippen molar-refractivity contribution in [1.82, 2.24) is 9.78 Å². The van der Waals surface area contributed by atoms with E-state index in [1.807, 2.05) is 0 Å². The highest BCUT2D eigenvalue weighted by Gasteiger charge is 2.32. The van der Waals surface area contributed by atoms with Crippen molar-refractivity contribution >= 4 is 34.5 Å². The van der Waals surface area contributed by atoms with Crippen molar-refractivity contribution in [3.05, 3.63) is 63.1 Å². The summed E-state index contributed by atoms with van der Waals surface area (Å²) in [6.07, 6.45) is 0. The Balaban J connectivity index is 2.41. The molecule has 7 nitrogen and oxygen atoms in total. The predicted octanol–water partition coefficient (Wildman–Crippen LogP) is 3.56. The molecule has 0 unspecified atom stereocenters. The third kappa shape index (κ3) is 3.33. The first-order chi connectivity index (χ1) is 13.4. The first-order valence-corrected chi connectivity index (χ1v) is 9.01. The summed E-state index contributed by atoms with van der Waals surface area (Å²) in [5.41, 5.74) is -0.144. The molecule has 1 aromatic heterocycles. The third-order valence-corrected chi connectivity index (χ3v) is 4.81. The second-order valence-corrected chi connectivity index (χ2v) is 6.72. The van der Waals surface area contributed by atoms with Crippen LogP contribution in [-0.4, -0.2) is 41.0 Å². The molecule has 1 N–H and O–H groups in total. The van der Waals surface area contributed by atoms with Crippen LogP contribution in [0.5, 0.6) is 5.75 Å². The average Bonchev–Trinajstić information content (AvgIpc) is 3.12. The van der Waals surface area contributed by atoms with E-state index >= 15 is 0 Å². The number of para-hydroxylation sites is 1. The normalized spacial score (nSPS) is 10.6. The molecule has 0 radical (unpaired) electrons. The summed E-state index contributed by atoms with van der Waals surface area (Å²) < 4.78 is 25.2. The molecule has 1 heterocycles. The van der Waals surface area contributed by atoms with Crippen molar-refractivity contribution < 1.29 is 28.6 Å². The van der Waals surface area contributed by atoms with E-state index in [9.17, 15) is 19.1 Å². The lowest BCUT2D eigenvalue weighted by Crippen LogP contribution is -2.15. The highest BCUT2D eigenvalue weighted by Crippen LogP contribution is 2.37. The van der Waals surface area contributed by atoms with E-state index in [4.69, 9.17) is 9.47 Å². The van der Waals surface area contributed by atoms with Crippen molar-refractivity contribution in [1.29, 1.82) is 0 Å². The molecule has 0 aliphatic rings. The minimum atomic E-state index is -0.879. The van der Waals surface area contributed by atoms with Crippen LogP contribution in [0, 0.1) is 9.39 Å². The Bertz CT molecular complexity index is 1070. The summed E-state index contributed by atoms with van der Waals surface area (Å²) in [4.78, 5) is 25.0. The van der Waals surface area contributed by atoms with Crippen molar-refractivity contribution in [2.24, 2.45) is 0 Å². The molecule has 0 fully saturated rings. The van der Waals surface area contributed by atoms with E-state index in [1.54, 1.807) is 52.9 Å². The van der Waals surface area contributed by atoms with Crippen LogP contribution in [0.4, 0.5) is 4.39 Å². The first kappa shape index (κ1) is 19.8. The van der Waals surface area contributed by atoms with Gasteiger partial charge in [-0.05, 0) is 46.9 Å². The van der Waals surface area contributed by atoms with Crippen LogP contribution in [0.15, 0.2) is 42.5 Å². The fourth-order valence-electron chi connectivity index (χ4n) is 2.67. The molecular formula is C19H14FIN2O5. The van der Waals surface area contributed by atoms with Gasteiger partial charge in [0.05, 0.1) is 23.5 Å². The van der Waals surface area contributed by atoms with Gasteiger partial charge >= 0.3 is 11.9 Å². The molecule has 0 aliphatic carbocycles. The fraction of sp³-hybridized carbons (Fsp3) is 0.105. The fourth-order valence-corrected chi connectivity index (χ4v) is 3.11. The number of benzene rings is 2. The lowest BCUT2D eigenvalue weighted by molar-refractivity contribution is 0.0549. The standard InChI is InChI=1S/C19H14FIN2O5/c1-27-18(25)13-15(11-8-9-12(21)14(20)17(11)24)22-23(16(13)19(26)28-2)10-6-4-3-5-7-10/h3-9,24H,1-2H3. The Morgan fingerprint density at radius 2 is 1.71 bits per heavy atom. The van der Waals surface area contributed by atoms with Crippen LogP contribution in [0.3, 0.4) is 0 Å². The average molecular weight is 496 g/mol. The summed E-state index contributed by atoms with van der Waals surface area (Å²) in [6, 6.07) is 11.4. The molecule has 0 amide bonds. The SMILES string of the molecule is COC(=O)c1c(-c2ccc(I)c(F)c2O)nn(-c2ccccc2)c1C(=O)OC. The smallest absolute Gasteiger partial charge is 0.357 e. The minimum Gasteiger partial charge on any atom is -0.504 e. The Morgan fingerprint density at radius 1 is 1.07 bits per heavy atom. The molecule has 3 aromatic rings. The molecule has 0 aliphatic heterocycles. The van der Waals surface area contributed by atoms with Gasteiger partial charge in [0.25, 0.3) is 0 Å². The monoisotopic (exact) mass is 496 g/mol. The number of hydrogen-bond donors (Lipinski definition) is 1. The van der Waals surface area contributed by atoms with Crippen LogP contribution < -0.4 is 0 Å². The number of halogens is 2. The van der Waals surface area contributed by atoms with E-state index in [0.717, 1.165) is 14.2 Å². The highest BCUT2D eigenvalue weighted by molar-refractivity contribution is 14.1. The summed E-state index contributed by atoms with van der Waals surface area (Å²) in [6.45, 7) is 0. The van der Waals surface area contributed by atoms with E-state index in [0.29, 0.717) is 5.69 Å². The molecule has 28 heavy (non-hydrogen) atoms. The molecule has 0 spiro atoms. The molecule has 9 heteroatoms. The van der Waals surface area contributed by atoms with Gasteiger partial charge < -0.3 is 14.6 Å². The lowest BCUT2D eigenvalue weighted by Gasteiger charge is -2.07. The Labute approximate surface area is 172 Å². The van der Waals surface area contributed by atoms with E-state index < -0.39 is 23.5 Å². The van der Waals surface area contributed by atoms with Crippen LogP contribution >= 0.6 is 22.6 Å². The first-order valence-electron chi connectivity index (χ1n) is 7.93. The molecule has 0 bridgehead atoms. The van der Waals surface area contributed by atoms with Gasteiger partial charge in [-0.2, -0.15) is 5.10 Å². The number of rotatable bonds is 4. The van der Waals surface area contributed by atoms with Crippen molar-refractivity contribution in [3.63, 3.8) is 0 Å². The van der Waals surface area contributed by atoms with E-state index in [1.165, 1.54) is 16.8 Å². The number of nitrogens with zero attached hydrogens (tertiary/aromatic N) is 2. The number of carbonyl (C=O) groups is 2. The second kappa shape index (κ2) is 7.97. The third-order valence-electron chi connectivity index (χ3n) is 3.98. The van der Waals surface area contributed by atoms with Gasteiger partial charge in [-0.15, -0.1) is 0 Å². The molecule has 0 saturated carbocycles. The van der Waals surface area contributed by atoms with Gasteiger partial charge in [-0.3, -0.25) is 0 Å². The van der Waals surface area contributed by atoms with Crippen molar-refractivity contribution in [3.8, 4) is 22.7 Å². The van der Waals surface area contributed by atoms with Gasteiger partial charge in [-0.1, -0.05) is 18.2 Å². The second-order valence-electron chi connectivity index (χ2n) is 5.56. The van der Waals surface area contributed by atoms with Crippen LogP contribution in [0.2, 0.25) is 0 Å². The van der Waals surface area contributed by atoms with E-state index in [-0.39, 0.29) is 26.1 Å². The quantitative estimate of drug-likeness (QED) is 0.439. The minimum absolute atomic E-state index is 0.0573. The highest BCUT2D eigenvalue weighted by atomic mass is 127. The number of esters is 2. The lowest BCUT2D eigenvalue weighted by atomic mass is 10.0. The van der Waals surface area contributed by atoms with E-state index in [2.05, 4.69) is 5.10 Å². The van der Waals surface area contributed by atoms with Gasteiger partial charge in [0.15, 0.2) is 17.3 Å². The number of ether oxygens (including phenoxy) is 2. The summed E-state index contributed by atoms with van der Waals surface area (Å²) in [5.74, 6) is -3.27. The number of carbonyl (C=O) groups excluding carboxylic acids is 2. The Morgan fingerprint density at radius 3 is 2.32 bits per heavy atom. The van der Waals surface area contributed by atoms with Crippen LogP contribution in [0.1, 0.15) is 20.8 Å². The van der Waals surface area contributed by atoms with Gasteiger partial charge in [0.2, 0.25) is 0 Å². The molecule has 144 valence electrons. The zero-order valence-electron chi connectivity index (χ0n) is 14.8. The number of aromatic nitrogens is 2. The molecule has 3 rings (SSSR count). The van der Waals surface area contributed by atoms with Gasteiger partial charge in [-0.25, -0.2) is 18.7 Å². The Hall–Kier alpha value is -2.95. The number of phenolic OH excluding ortho intramolecular Hbond substituents is 1. The number of hydrogen-bond acceptors (Lipinski definition) is 6. The number of methoxy groups -OCH3 is 2. The van der Waals surface area contributed by atoms with Crippen LogP contribution in [0.25, 0.3) is 16.9 Å². The van der Waals surface area contributed by atoms with Crippen LogP contribution in [-0.2, 0) is 9.47 Å². The molecule has 0 atom stereocenters. The number of aromatic hydroxyl groups is 1. The summed E-state index contributed by atoms with van der Waals surface area (Å²) in [7, 11) is 2.30. The maximum Gasteiger partial charge on any atom is 0.357 e. The van der Waals surface area contributed by atoms with Crippen molar-refractivity contribution in [2.75, 3.05) is 14.2 Å². The van der Waals surface area contributed by atoms with Gasteiger partial charge in [0.1, 0.15) is 11.3 Å². The molecule has 0 saturated heterocycles. The Kier molecular flexibility index (Phi) is 5.63.